The molecule has 10 heavy (non-hydrogen) atoms. The molecule has 0 aromatic carbocycles. The SMILES string of the molecule is CCC(CCC(C)O)NC. The van der Waals surface area contributed by atoms with Crippen molar-refractivity contribution in [2.45, 2.75) is 45.3 Å². The summed E-state index contributed by atoms with van der Waals surface area (Å²) in [5, 5.41) is 12.2. The van der Waals surface area contributed by atoms with Crippen LogP contribution in [0.3, 0.4) is 0 Å². The Kier molecular flexibility index (Phi) is 5.64. The fraction of sp³-hybridized carbons (Fsp3) is 1.00. The Hall–Kier alpha value is -0.0800. The van der Waals surface area contributed by atoms with Crippen LogP contribution >= 0.6 is 0 Å². The van der Waals surface area contributed by atoms with Gasteiger partial charge in [-0.15, -0.1) is 0 Å². The minimum absolute atomic E-state index is 0.151. The summed E-state index contributed by atoms with van der Waals surface area (Å²) in [6, 6.07) is 0.578. The molecule has 0 aliphatic carbocycles. The number of hydrogen-bond donors (Lipinski definition) is 2. The number of nitrogens with one attached hydrogen (secondary N) is 1. The Morgan fingerprint density at radius 2 is 2.00 bits per heavy atom. The monoisotopic (exact) mass is 145 g/mol. The van der Waals surface area contributed by atoms with Gasteiger partial charge >= 0.3 is 0 Å². The average molecular weight is 145 g/mol. The predicted octanol–water partition coefficient (Wildman–Crippen LogP) is 1.15. The van der Waals surface area contributed by atoms with Gasteiger partial charge in [-0.25, -0.2) is 0 Å². The van der Waals surface area contributed by atoms with Gasteiger partial charge in [0.05, 0.1) is 6.10 Å². The number of rotatable bonds is 5. The second-order valence-corrected chi connectivity index (χ2v) is 2.82. The zero-order valence-corrected chi connectivity index (χ0v) is 7.22. The van der Waals surface area contributed by atoms with Gasteiger partial charge in [-0.2, -0.15) is 0 Å². The van der Waals surface area contributed by atoms with Crippen molar-refractivity contribution in [3.8, 4) is 0 Å². The molecule has 0 rings (SSSR count). The van der Waals surface area contributed by atoms with E-state index in [0.29, 0.717) is 6.04 Å². The lowest BCUT2D eigenvalue weighted by Crippen LogP contribution is -2.25. The van der Waals surface area contributed by atoms with Gasteiger partial charge in [-0.05, 0) is 33.2 Å². The Labute approximate surface area is 63.6 Å². The zero-order valence-electron chi connectivity index (χ0n) is 7.22. The molecule has 0 aliphatic rings. The molecule has 2 nitrogen and oxygen atoms in total. The van der Waals surface area contributed by atoms with E-state index in [1.54, 1.807) is 0 Å². The van der Waals surface area contributed by atoms with Crippen LogP contribution < -0.4 is 5.32 Å². The molecule has 0 radical (unpaired) electrons. The topological polar surface area (TPSA) is 32.3 Å². The second-order valence-electron chi connectivity index (χ2n) is 2.82. The van der Waals surface area contributed by atoms with Crippen LogP contribution in [0.2, 0.25) is 0 Å². The van der Waals surface area contributed by atoms with Crippen molar-refractivity contribution in [1.29, 1.82) is 0 Å². The molecule has 0 spiro atoms. The van der Waals surface area contributed by atoms with E-state index < -0.39 is 0 Å². The highest BCUT2D eigenvalue weighted by molar-refractivity contribution is 4.63. The van der Waals surface area contributed by atoms with E-state index in [1.165, 1.54) is 0 Å². The number of aliphatic hydroxyl groups excluding tert-OH is 1. The van der Waals surface area contributed by atoms with Gasteiger partial charge in [0.15, 0.2) is 0 Å². The first kappa shape index (κ1) is 9.92. The Morgan fingerprint density at radius 1 is 1.40 bits per heavy atom. The Morgan fingerprint density at radius 3 is 2.30 bits per heavy atom. The fourth-order valence-corrected chi connectivity index (χ4v) is 0.995. The van der Waals surface area contributed by atoms with E-state index >= 15 is 0 Å². The molecule has 2 N–H and O–H groups in total. The van der Waals surface area contributed by atoms with Crippen LogP contribution in [0.5, 0.6) is 0 Å². The summed E-state index contributed by atoms with van der Waals surface area (Å²) in [4.78, 5) is 0. The molecule has 2 unspecified atom stereocenters. The highest BCUT2D eigenvalue weighted by atomic mass is 16.3. The third-order valence-corrected chi connectivity index (χ3v) is 1.83. The molecule has 0 aliphatic heterocycles. The predicted molar refractivity (Wildman–Crippen MR) is 44.1 cm³/mol. The maximum absolute atomic E-state index is 8.96. The molecule has 2 heteroatoms. The summed E-state index contributed by atoms with van der Waals surface area (Å²) in [7, 11) is 1.97. The smallest absolute Gasteiger partial charge is 0.0512 e. The number of aliphatic hydroxyl groups is 1. The van der Waals surface area contributed by atoms with Gasteiger partial charge in [-0.1, -0.05) is 6.92 Å². The molecule has 0 fully saturated rings. The lowest BCUT2D eigenvalue weighted by molar-refractivity contribution is 0.176. The van der Waals surface area contributed by atoms with Crippen LogP contribution in [0, 0.1) is 0 Å². The highest BCUT2D eigenvalue weighted by Gasteiger charge is 2.03. The van der Waals surface area contributed by atoms with E-state index in [2.05, 4.69) is 12.2 Å². The van der Waals surface area contributed by atoms with Crippen molar-refractivity contribution in [3.63, 3.8) is 0 Å². The molecular formula is C8H19NO. The fourth-order valence-electron chi connectivity index (χ4n) is 0.995. The first-order valence-corrected chi connectivity index (χ1v) is 4.06. The molecule has 62 valence electrons. The van der Waals surface area contributed by atoms with Crippen LogP contribution in [0.1, 0.15) is 33.1 Å². The molecule has 0 heterocycles. The van der Waals surface area contributed by atoms with Gasteiger partial charge in [0.2, 0.25) is 0 Å². The van der Waals surface area contributed by atoms with Crippen molar-refractivity contribution in [2.24, 2.45) is 0 Å². The second kappa shape index (κ2) is 5.69. The summed E-state index contributed by atoms with van der Waals surface area (Å²) in [6.45, 7) is 3.99. The standard InChI is InChI=1S/C8H19NO/c1-4-8(9-3)6-5-7(2)10/h7-10H,4-6H2,1-3H3. The third-order valence-electron chi connectivity index (χ3n) is 1.83. The van der Waals surface area contributed by atoms with Gasteiger partial charge in [0.1, 0.15) is 0 Å². The normalized spacial score (nSPS) is 16.8. The quantitative estimate of drug-likeness (QED) is 0.608. The summed E-state index contributed by atoms with van der Waals surface area (Å²) in [6.07, 6.45) is 2.97. The van der Waals surface area contributed by atoms with E-state index in [1.807, 2.05) is 14.0 Å². The zero-order chi connectivity index (χ0) is 7.98. The average Bonchev–Trinajstić information content (AvgIpc) is 1.90. The maximum Gasteiger partial charge on any atom is 0.0512 e. The third kappa shape index (κ3) is 4.77. The van der Waals surface area contributed by atoms with Crippen molar-refractivity contribution < 1.29 is 5.11 Å². The largest absolute Gasteiger partial charge is 0.393 e. The molecule has 0 saturated carbocycles. The van der Waals surface area contributed by atoms with E-state index in [4.69, 9.17) is 5.11 Å². The van der Waals surface area contributed by atoms with E-state index in [-0.39, 0.29) is 6.10 Å². The summed E-state index contributed by atoms with van der Waals surface area (Å²) >= 11 is 0. The van der Waals surface area contributed by atoms with Gasteiger partial charge in [-0.3, -0.25) is 0 Å². The maximum atomic E-state index is 8.96. The highest BCUT2D eigenvalue weighted by Crippen LogP contribution is 2.03. The first-order chi connectivity index (χ1) is 4.70. The molecular weight excluding hydrogens is 126 g/mol. The Balaban J connectivity index is 3.26. The molecule has 0 amide bonds. The van der Waals surface area contributed by atoms with Crippen LogP contribution in [-0.2, 0) is 0 Å². The van der Waals surface area contributed by atoms with Crippen LogP contribution in [0.15, 0.2) is 0 Å². The molecule has 0 bridgehead atoms. The summed E-state index contributed by atoms with van der Waals surface area (Å²) in [5.74, 6) is 0. The van der Waals surface area contributed by atoms with Crippen molar-refractivity contribution in [3.05, 3.63) is 0 Å². The van der Waals surface area contributed by atoms with Gasteiger partial charge < -0.3 is 10.4 Å². The van der Waals surface area contributed by atoms with Gasteiger partial charge in [0, 0.05) is 6.04 Å². The van der Waals surface area contributed by atoms with Crippen LogP contribution in [0.25, 0.3) is 0 Å². The van der Waals surface area contributed by atoms with E-state index in [0.717, 1.165) is 19.3 Å². The lowest BCUT2D eigenvalue weighted by atomic mass is 10.1. The molecule has 2 atom stereocenters. The first-order valence-electron chi connectivity index (χ1n) is 4.06. The molecule has 0 aromatic heterocycles. The Bertz CT molecular complexity index is 69.7. The van der Waals surface area contributed by atoms with Crippen molar-refractivity contribution in [1.82, 2.24) is 5.32 Å². The van der Waals surface area contributed by atoms with E-state index in [9.17, 15) is 0 Å². The van der Waals surface area contributed by atoms with Crippen molar-refractivity contribution in [2.75, 3.05) is 7.05 Å². The molecule has 0 aromatic rings. The minimum atomic E-state index is -0.151. The number of hydrogen-bond acceptors (Lipinski definition) is 2. The van der Waals surface area contributed by atoms with Crippen LogP contribution in [-0.4, -0.2) is 24.3 Å². The summed E-state index contributed by atoms with van der Waals surface area (Å²) < 4.78 is 0. The summed E-state index contributed by atoms with van der Waals surface area (Å²) in [5.41, 5.74) is 0. The minimum Gasteiger partial charge on any atom is -0.393 e. The molecule has 0 saturated heterocycles. The lowest BCUT2D eigenvalue weighted by Gasteiger charge is -2.13. The van der Waals surface area contributed by atoms with Gasteiger partial charge in [0.25, 0.3) is 0 Å². The van der Waals surface area contributed by atoms with Crippen molar-refractivity contribution >= 4 is 0 Å². The van der Waals surface area contributed by atoms with Crippen LogP contribution in [0.4, 0.5) is 0 Å².